The zero-order valence-electron chi connectivity index (χ0n) is 19.5. The Labute approximate surface area is 212 Å². The summed E-state index contributed by atoms with van der Waals surface area (Å²) < 4.78 is 81.9. The van der Waals surface area contributed by atoms with E-state index in [2.05, 4.69) is 15.0 Å². The number of alkyl halides is 6. The summed E-state index contributed by atoms with van der Waals surface area (Å²) in [4.78, 5) is 16.3. The van der Waals surface area contributed by atoms with Gasteiger partial charge in [0.05, 0.1) is 23.6 Å². The van der Waals surface area contributed by atoms with Crippen LogP contribution in [0.25, 0.3) is 22.0 Å². The number of H-pyrrole nitrogens is 1. The molecule has 0 aliphatic carbocycles. The smallest absolute Gasteiger partial charge is 0.405 e. The molecule has 1 aromatic heterocycles. The molecule has 0 spiro atoms. The molecular weight excluding hydrogens is 512 g/mol. The van der Waals surface area contributed by atoms with E-state index in [-0.39, 0.29) is 24.0 Å². The van der Waals surface area contributed by atoms with E-state index >= 15 is 0 Å². The number of aromatic nitrogens is 1. The maximum absolute atomic E-state index is 13.2. The fraction of sp³-hybridized carbons (Fsp3) is 0.185. The minimum atomic E-state index is -5.10. The molecule has 196 valence electrons. The average Bonchev–Trinajstić information content (AvgIpc) is 3.26. The summed E-state index contributed by atoms with van der Waals surface area (Å²) in [7, 11) is 0. The quantitative estimate of drug-likeness (QED) is 0.252. The Morgan fingerprint density at radius 1 is 0.974 bits per heavy atom. The summed E-state index contributed by atoms with van der Waals surface area (Å²) in [5, 5.41) is 12.7. The highest BCUT2D eigenvalue weighted by Crippen LogP contribution is 2.34. The van der Waals surface area contributed by atoms with Crippen molar-refractivity contribution in [1.82, 2.24) is 10.3 Å². The fourth-order valence-corrected chi connectivity index (χ4v) is 4.07. The van der Waals surface area contributed by atoms with Gasteiger partial charge in [-0.2, -0.15) is 18.4 Å². The SMILES string of the molecule is N#CCC(Cc1c[nH]c2ccccc12)NC(=O)c1cc(-c2ccc(C(F)(F)F)cc2)ccc1OC(F)(F)F. The van der Waals surface area contributed by atoms with Crippen molar-refractivity contribution in [2.45, 2.75) is 31.4 Å². The highest BCUT2D eigenvalue weighted by Gasteiger charge is 2.34. The third-order valence-electron chi connectivity index (χ3n) is 5.81. The van der Waals surface area contributed by atoms with Crippen LogP contribution in [0.15, 0.2) is 72.9 Å². The normalized spacial score (nSPS) is 12.7. The van der Waals surface area contributed by atoms with Crippen molar-refractivity contribution in [1.29, 1.82) is 5.26 Å². The minimum Gasteiger partial charge on any atom is -0.405 e. The van der Waals surface area contributed by atoms with Gasteiger partial charge in [0.1, 0.15) is 5.75 Å². The van der Waals surface area contributed by atoms with Crippen LogP contribution in [0.3, 0.4) is 0 Å². The molecule has 5 nitrogen and oxygen atoms in total. The first-order valence-electron chi connectivity index (χ1n) is 11.2. The van der Waals surface area contributed by atoms with Crippen LogP contribution in [-0.2, 0) is 12.6 Å². The van der Waals surface area contributed by atoms with Gasteiger partial charge in [-0.25, -0.2) is 0 Å². The minimum absolute atomic E-state index is 0.126. The summed E-state index contributed by atoms with van der Waals surface area (Å²) >= 11 is 0. The number of nitriles is 1. The summed E-state index contributed by atoms with van der Waals surface area (Å²) in [6.45, 7) is 0. The number of fused-ring (bicyclic) bond motifs is 1. The van der Waals surface area contributed by atoms with Gasteiger partial charge in [0.25, 0.3) is 5.91 Å². The van der Waals surface area contributed by atoms with Gasteiger partial charge < -0.3 is 15.0 Å². The van der Waals surface area contributed by atoms with E-state index in [0.29, 0.717) is 0 Å². The number of aromatic amines is 1. The van der Waals surface area contributed by atoms with Crippen molar-refractivity contribution >= 4 is 16.8 Å². The zero-order valence-corrected chi connectivity index (χ0v) is 19.5. The number of amides is 1. The molecule has 0 saturated heterocycles. The molecule has 1 unspecified atom stereocenters. The van der Waals surface area contributed by atoms with Crippen molar-refractivity contribution < 1.29 is 35.9 Å². The van der Waals surface area contributed by atoms with Gasteiger partial charge in [-0.1, -0.05) is 36.4 Å². The Bertz CT molecular complexity index is 1480. The van der Waals surface area contributed by atoms with Gasteiger partial charge in [-0.05, 0) is 53.4 Å². The lowest BCUT2D eigenvalue weighted by Gasteiger charge is -2.19. The van der Waals surface area contributed by atoms with Crippen LogP contribution in [0.1, 0.15) is 27.9 Å². The van der Waals surface area contributed by atoms with E-state index < -0.39 is 41.4 Å². The van der Waals surface area contributed by atoms with E-state index in [1.807, 2.05) is 30.3 Å². The average molecular weight is 531 g/mol. The van der Waals surface area contributed by atoms with Crippen molar-refractivity contribution in [2.24, 2.45) is 0 Å². The highest BCUT2D eigenvalue weighted by atomic mass is 19.4. The number of hydrogen-bond acceptors (Lipinski definition) is 3. The second-order valence-corrected chi connectivity index (χ2v) is 8.43. The summed E-state index contributed by atoms with van der Waals surface area (Å²) in [6, 6.07) is 15.8. The van der Waals surface area contributed by atoms with Crippen LogP contribution in [0, 0.1) is 11.3 Å². The topological polar surface area (TPSA) is 77.9 Å². The summed E-state index contributed by atoms with van der Waals surface area (Å²) in [5.74, 6) is -1.72. The number of hydrogen-bond donors (Lipinski definition) is 2. The van der Waals surface area contributed by atoms with Crippen LogP contribution < -0.4 is 10.1 Å². The molecule has 2 N–H and O–H groups in total. The third kappa shape index (κ3) is 6.26. The largest absolute Gasteiger partial charge is 0.573 e. The summed E-state index contributed by atoms with van der Waals surface area (Å²) in [6.07, 6.45) is -7.84. The van der Waals surface area contributed by atoms with Crippen LogP contribution in [0.5, 0.6) is 5.75 Å². The molecule has 3 aromatic carbocycles. The van der Waals surface area contributed by atoms with Gasteiger partial charge in [0.15, 0.2) is 0 Å². The Morgan fingerprint density at radius 3 is 2.32 bits per heavy atom. The molecular formula is C27H19F6N3O2. The van der Waals surface area contributed by atoms with Crippen LogP contribution in [0.2, 0.25) is 0 Å². The second-order valence-electron chi connectivity index (χ2n) is 8.43. The van der Waals surface area contributed by atoms with E-state index in [1.165, 1.54) is 6.07 Å². The van der Waals surface area contributed by atoms with E-state index in [0.717, 1.165) is 52.9 Å². The first-order valence-corrected chi connectivity index (χ1v) is 11.2. The van der Waals surface area contributed by atoms with Crippen molar-refractivity contribution in [3.05, 3.63) is 89.6 Å². The van der Waals surface area contributed by atoms with Crippen LogP contribution in [-0.4, -0.2) is 23.3 Å². The number of carbonyl (C=O) groups is 1. The second kappa shape index (κ2) is 10.5. The molecule has 1 amide bonds. The molecule has 0 aliphatic heterocycles. The molecule has 0 radical (unpaired) electrons. The molecule has 1 heterocycles. The maximum atomic E-state index is 13.2. The number of para-hydroxylation sites is 1. The maximum Gasteiger partial charge on any atom is 0.573 e. The molecule has 0 fully saturated rings. The monoisotopic (exact) mass is 531 g/mol. The first-order chi connectivity index (χ1) is 17.9. The molecule has 0 bridgehead atoms. The first kappa shape index (κ1) is 26.6. The number of benzene rings is 3. The molecule has 4 rings (SSSR count). The van der Waals surface area contributed by atoms with Gasteiger partial charge in [0.2, 0.25) is 0 Å². The van der Waals surface area contributed by atoms with E-state index in [4.69, 9.17) is 0 Å². The predicted molar refractivity (Wildman–Crippen MR) is 127 cm³/mol. The third-order valence-corrected chi connectivity index (χ3v) is 5.81. The molecule has 1 atom stereocenters. The number of carbonyl (C=O) groups excluding carboxylic acids is 1. The molecule has 0 saturated carbocycles. The molecule has 0 aliphatic rings. The lowest BCUT2D eigenvalue weighted by molar-refractivity contribution is -0.274. The van der Waals surface area contributed by atoms with Gasteiger partial charge in [0, 0.05) is 23.1 Å². The number of nitrogens with zero attached hydrogens (tertiary/aromatic N) is 1. The standard InChI is InChI=1S/C27H19F6N3O2/c28-26(29,30)19-8-5-16(6-9-19)17-7-10-24(38-27(31,32)33)22(14-17)25(37)36-20(11-12-34)13-18-15-35-23-4-2-1-3-21(18)23/h1-10,14-15,20,35H,11,13H2,(H,36,37). The lowest BCUT2D eigenvalue weighted by atomic mass is 9.99. The lowest BCUT2D eigenvalue weighted by Crippen LogP contribution is -2.36. The van der Waals surface area contributed by atoms with Gasteiger partial charge in [-0.15, -0.1) is 13.2 Å². The number of halogens is 6. The Balaban J connectivity index is 1.65. The van der Waals surface area contributed by atoms with Crippen LogP contribution in [0.4, 0.5) is 26.3 Å². The van der Waals surface area contributed by atoms with Crippen molar-refractivity contribution in [2.75, 3.05) is 0 Å². The van der Waals surface area contributed by atoms with Crippen molar-refractivity contribution in [3.63, 3.8) is 0 Å². The molecule has 4 aromatic rings. The summed E-state index contributed by atoms with van der Waals surface area (Å²) in [5.41, 5.74) is 0.709. The van der Waals surface area contributed by atoms with E-state index in [1.54, 1.807) is 6.20 Å². The fourth-order valence-electron chi connectivity index (χ4n) is 4.07. The van der Waals surface area contributed by atoms with Gasteiger partial charge >= 0.3 is 12.5 Å². The predicted octanol–water partition coefficient (Wildman–Crippen LogP) is 7.01. The van der Waals surface area contributed by atoms with Gasteiger partial charge in [-0.3, -0.25) is 4.79 Å². The van der Waals surface area contributed by atoms with Crippen molar-refractivity contribution in [3.8, 4) is 22.9 Å². The Morgan fingerprint density at radius 2 is 1.66 bits per heavy atom. The number of nitrogens with one attached hydrogen (secondary N) is 2. The Kier molecular flexibility index (Phi) is 7.35. The zero-order chi connectivity index (χ0) is 27.5. The molecule has 11 heteroatoms. The van der Waals surface area contributed by atoms with Crippen LogP contribution >= 0.6 is 0 Å². The highest BCUT2D eigenvalue weighted by molar-refractivity contribution is 5.98. The Hall–Kier alpha value is -4.46. The molecule has 38 heavy (non-hydrogen) atoms. The number of rotatable bonds is 7. The van der Waals surface area contributed by atoms with E-state index in [9.17, 15) is 36.4 Å². The number of ether oxygens (including phenoxy) is 1.